The Kier molecular flexibility index (Phi) is 6.70. The van der Waals surface area contributed by atoms with E-state index in [9.17, 15) is 13.2 Å². The summed E-state index contributed by atoms with van der Waals surface area (Å²) < 4.78 is 26.8. The number of urea groups is 1. The van der Waals surface area contributed by atoms with Crippen molar-refractivity contribution in [2.24, 2.45) is 0 Å². The molecule has 0 aromatic heterocycles. The third-order valence-electron chi connectivity index (χ3n) is 4.88. The van der Waals surface area contributed by atoms with Gasteiger partial charge in [-0.25, -0.2) is 13.2 Å². The zero-order valence-corrected chi connectivity index (χ0v) is 16.9. The molecule has 150 valence electrons. The molecule has 0 aliphatic carbocycles. The molecule has 0 spiro atoms. The second kappa shape index (κ2) is 9.21. The van der Waals surface area contributed by atoms with Gasteiger partial charge in [0, 0.05) is 24.8 Å². The normalized spacial score (nSPS) is 15.9. The summed E-state index contributed by atoms with van der Waals surface area (Å²) in [5, 5.41) is 5.64. The molecule has 1 atom stereocenters. The number of hydrogen-bond acceptors (Lipinski definition) is 3. The molecule has 7 heteroatoms. The Morgan fingerprint density at radius 2 is 1.79 bits per heavy atom. The van der Waals surface area contributed by atoms with E-state index in [2.05, 4.69) is 22.8 Å². The van der Waals surface area contributed by atoms with E-state index in [0.717, 1.165) is 25.7 Å². The van der Waals surface area contributed by atoms with Crippen molar-refractivity contribution in [1.29, 1.82) is 0 Å². The fourth-order valence-corrected chi connectivity index (χ4v) is 4.87. The molecule has 3 rings (SSSR count). The number of nitrogens with one attached hydrogen (secondary N) is 2. The first-order valence-corrected chi connectivity index (χ1v) is 11.1. The van der Waals surface area contributed by atoms with Gasteiger partial charge in [-0.2, -0.15) is 4.31 Å². The van der Waals surface area contributed by atoms with E-state index in [1.165, 1.54) is 15.9 Å². The van der Waals surface area contributed by atoms with Gasteiger partial charge in [-0.3, -0.25) is 0 Å². The standard InChI is InChI=1S/C21H27N3O3S/c1-17(12-13-18-8-3-2-4-9-18)22-21(25)23-19-10-7-11-20(16-19)28(26,27)24-14-5-6-15-24/h2-4,7-11,16-17H,5-6,12-15H2,1H3,(H2,22,23,25)/t17-/m0/s1. The molecular weight excluding hydrogens is 374 g/mol. The summed E-state index contributed by atoms with van der Waals surface area (Å²) in [6.07, 6.45) is 3.48. The van der Waals surface area contributed by atoms with Crippen LogP contribution in [0.2, 0.25) is 0 Å². The lowest BCUT2D eigenvalue weighted by molar-refractivity contribution is 0.248. The van der Waals surface area contributed by atoms with Gasteiger partial charge in [0.05, 0.1) is 4.90 Å². The Morgan fingerprint density at radius 1 is 1.07 bits per heavy atom. The van der Waals surface area contributed by atoms with Crippen LogP contribution in [-0.2, 0) is 16.4 Å². The molecule has 1 fully saturated rings. The highest BCUT2D eigenvalue weighted by atomic mass is 32.2. The largest absolute Gasteiger partial charge is 0.335 e. The maximum Gasteiger partial charge on any atom is 0.319 e. The molecule has 0 unspecified atom stereocenters. The van der Waals surface area contributed by atoms with Gasteiger partial charge in [0.1, 0.15) is 0 Å². The second-order valence-corrected chi connectivity index (χ2v) is 9.10. The van der Waals surface area contributed by atoms with Crippen molar-refractivity contribution in [3.05, 3.63) is 60.2 Å². The van der Waals surface area contributed by atoms with E-state index in [1.807, 2.05) is 25.1 Å². The van der Waals surface area contributed by atoms with Crippen molar-refractivity contribution in [1.82, 2.24) is 9.62 Å². The highest BCUT2D eigenvalue weighted by Gasteiger charge is 2.27. The smallest absolute Gasteiger partial charge is 0.319 e. The number of aryl methyl sites for hydroxylation is 1. The molecule has 2 aromatic carbocycles. The average Bonchev–Trinajstić information content (AvgIpc) is 3.23. The number of sulfonamides is 1. The highest BCUT2D eigenvalue weighted by molar-refractivity contribution is 7.89. The van der Waals surface area contributed by atoms with E-state index in [4.69, 9.17) is 0 Å². The molecular formula is C21H27N3O3S. The van der Waals surface area contributed by atoms with E-state index >= 15 is 0 Å². The van der Waals surface area contributed by atoms with E-state index in [-0.39, 0.29) is 17.0 Å². The van der Waals surface area contributed by atoms with Crippen molar-refractivity contribution in [2.45, 2.75) is 43.5 Å². The van der Waals surface area contributed by atoms with Crippen LogP contribution in [0.5, 0.6) is 0 Å². The van der Waals surface area contributed by atoms with E-state index < -0.39 is 10.0 Å². The number of hydrogen-bond donors (Lipinski definition) is 2. The maximum atomic E-state index is 12.7. The van der Waals surface area contributed by atoms with Crippen LogP contribution in [0.25, 0.3) is 0 Å². The van der Waals surface area contributed by atoms with Crippen LogP contribution in [0.3, 0.4) is 0 Å². The Hall–Kier alpha value is -2.38. The number of benzene rings is 2. The summed E-state index contributed by atoms with van der Waals surface area (Å²) in [7, 11) is -3.50. The number of carbonyl (C=O) groups excluding carboxylic acids is 1. The molecule has 28 heavy (non-hydrogen) atoms. The van der Waals surface area contributed by atoms with Crippen LogP contribution in [0.15, 0.2) is 59.5 Å². The summed E-state index contributed by atoms with van der Waals surface area (Å²) in [5.41, 5.74) is 1.70. The van der Waals surface area contributed by atoms with Crippen LogP contribution in [0.4, 0.5) is 10.5 Å². The van der Waals surface area contributed by atoms with Gasteiger partial charge < -0.3 is 10.6 Å². The Labute approximate surface area is 167 Å². The molecule has 2 amide bonds. The SMILES string of the molecule is C[C@@H](CCc1ccccc1)NC(=O)Nc1cccc(S(=O)(=O)N2CCCC2)c1. The summed E-state index contributed by atoms with van der Waals surface area (Å²) in [4.78, 5) is 12.5. The number of amides is 2. The van der Waals surface area contributed by atoms with Crippen LogP contribution in [0, 0.1) is 0 Å². The Balaban J connectivity index is 1.55. The zero-order valence-electron chi connectivity index (χ0n) is 16.1. The molecule has 1 heterocycles. The molecule has 2 N–H and O–H groups in total. The monoisotopic (exact) mass is 401 g/mol. The minimum absolute atomic E-state index is 0.00304. The van der Waals surface area contributed by atoms with Gasteiger partial charge in [-0.15, -0.1) is 0 Å². The van der Waals surface area contributed by atoms with E-state index in [0.29, 0.717) is 18.8 Å². The summed E-state index contributed by atoms with van der Waals surface area (Å²) in [5.74, 6) is 0. The molecule has 1 saturated heterocycles. The van der Waals surface area contributed by atoms with Crippen LogP contribution < -0.4 is 10.6 Å². The fraction of sp³-hybridized carbons (Fsp3) is 0.381. The van der Waals surface area contributed by atoms with Gasteiger partial charge in [-0.1, -0.05) is 36.4 Å². The van der Waals surface area contributed by atoms with Crippen molar-refractivity contribution in [2.75, 3.05) is 18.4 Å². The number of nitrogens with zero attached hydrogens (tertiary/aromatic N) is 1. The van der Waals surface area contributed by atoms with Crippen molar-refractivity contribution >= 4 is 21.7 Å². The Morgan fingerprint density at radius 3 is 2.50 bits per heavy atom. The van der Waals surface area contributed by atoms with Gasteiger partial charge in [0.15, 0.2) is 0 Å². The first-order valence-electron chi connectivity index (χ1n) is 9.67. The predicted molar refractivity (Wildman–Crippen MR) is 111 cm³/mol. The number of carbonyl (C=O) groups is 1. The number of anilines is 1. The fourth-order valence-electron chi connectivity index (χ4n) is 3.30. The summed E-state index contributed by atoms with van der Waals surface area (Å²) >= 11 is 0. The van der Waals surface area contributed by atoms with Crippen molar-refractivity contribution < 1.29 is 13.2 Å². The predicted octanol–water partition coefficient (Wildman–Crippen LogP) is 3.61. The van der Waals surface area contributed by atoms with Crippen LogP contribution in [-0.4, -0.2) is 37.9 Å². The summed E-state index contributed by atoms with van der Waals surface area (Å²) in [6, 6.07) is 16.2. The lowest BCUT2D eigenvalue weighted by Gasteiger charge is -2.17. The van der Waals surface area contributed by atoms with Gasteiger partial charge >= 0.3 is 6.03 Å². The van der Waals surface area contributed by atoms with Gasteiger partial charge in [0.2, 0.25) is 10.0 Å². The topological polar surface area (TPSA) is 78.5 Å². The Bertz CT molecular complexity index is 894. The van der Waals surface area contributed by atoms with Crippen LogP contribution in [0.1, 0.15) is 31.7 Å². The third-order valence-corrected chi connectivity index (χ3v) is 6.78. The van der Waals surface area contributed by atoms with Crippen LogP contribution >= 0.6 is 0 Å². The third kappa shape index (κ3) is 5.33. The lowest BCUT2D eigenvalue weighted by atomic mass is 10.1. The highest BCUT2D eigenvalue weighted by Crippen LogP contribution is 2.23. The molecule has 0 radical (unpaired) electrons. The van der Waals surface area contributed by atoms with Crippen molar-refractivity contribution in [3.8, 4) is 0 Å². The summed E-state index contributed by atoms with van der Waals surface area (Å²) in [6.45, 7) is 3.07. The minimum Gasteiger partial charge on any atom is -0.335 e. The quantitative estimate of drug-likeness (QED) is 0.744. The molecule has 6 nitrogen and oxygen atoms in total. The average molecular weight is 402 g/mol. The molecule has 0 saturated carbocycles. The minimum atomic E-state index is -3.50. The zero-order chi connectivity index (χ0) is 20.0. The second-order valence-electron chi connectivity index (χ2n) is 7.16. The molecule has 1 aliphatic rings. The van der Waals surface area contributed by atoms with Gasteiger partial charge in [-0.05, 0) is 56.4 Å². The first kappa shape index (κ1) is 20.4. The van der Waals surface area contributed by atoms with Crippen molar-refractivity contribution in [3.63, 3.8) is 0 Å². The number of rotatable bonds is 7. The molecule has 2 aromatic rings. The molecule has 1 aliphatic heterocycles. The van der Waals surface area contributed by atoms with Gasteiger partial charge in [0.25, 0.3) is 0 Å². The first-order chi connectivity index (χ1) is 13.4. The lowest BCUT2D eigenvalue weighted by Crippen LogP contribution is -2.36. The molecule has 0 bridgehead atoms. The van der Waals surface area contributed by atoms with E-state index in [1.54, 1.807) is 18.2 Å². The maximum absolute atomic E-state index is 12.7.